The Kier molecular flexibility index (Phi) is 8.71. The molecule has 0 bridgehead atoms. The van der Waals surface area contributed by atoms with Crippen LogP contribution in [0, 0.1) is 5.82 Å². The Bertz CT molecular complexity index is 1810. The van der Waals surface area contributed by atoms with Crippen LogP contribution in [0.4, 0.5) is 17.6 Å². The molecule has 6 nitrogen and oxygen atoms in total. The van der Waals surface area contributed by atoms with E-state index in [9.17, 15) is 32.3 Å². The van der Waals surface area contributed by atoms with Crippen LogP contribution in [-0.4, -0.2) is 22.0 Å². The molecule has 1 amide bonds. The predicted octanol–water partition coefficient (Wildman–Crippen LogP) is 7.78. The van der Waals surface area contributed by atoms with Crippen molar-refractivity contribution >= 4 is 11.9 Å². The fraction of sp³-hybridized carbons (Fsp3) is 0.0882. The average molecular weight is 601 g/mol. The molecule has 0 spiro atoms. The van der Waals surface area contributed by atoms with Gasteiger partial charge in [-0.1, -0.05) is 42.5 Å². The molecule has 1 heterocycles. The maximum Gasteiger partial charge on any atom is 0.416 e. The van der Waals surface area contributed by atoms with Crippen molar-refractivity contribution in [3.8, 4) is 28.0 Å². The molecule has 0 unspecified atom stereocenters. The number of benzene rings is 4. The fourth-order valence-corrected chi connectivity index (χ4v) is 4.58. The summed E-state index contributed by atoms with van der Waals surface area (Å²) in [7, 11) is 0. The van der Waals surface area contributed by atoms with E-state index in [1.807, 2.05) is 0 Å². The van der Waals surface area contributed by atoms with Gasteiger partial charge in [-0.3, -0.25) is 9.78 Å². The number of aromatic nitrogens is 1. The first-order chi connectivity index (χ1) is 21.1. The molecule has 0 fully saturated rings. The van der Waals surface area contributed by atoms with E-state index in [2.05, 4.69) is 10.3 Å². The number of ether oxygens (including phenoxy) is 1. The van der Waals surface area contributed by atoms with E-state index in [-0.39, 0.29) is 35.6 Å². The summed E-state index contributed by atoms with van der Waals surface area (Å²) < 4.78 is 60.7. The quantitative estimate of drug-likeness (QED) is 0.169. The first-order valence-electron chi connectivity index (χ1n) is 13.3. The van der Waals surface area contributed by atoms with Crippen molar-refractivity contribution < 1.29 is 37.0 Å². The first kappa shape index (κ1) is 30.0. The molecule has 0 saturated carbocycles. The van der Waals surface area contributed by atoms with E-state index < -0.39 is 29.4 Å². The Morgan fingerprint density at radius 3 is 2.20 bits per heavy atom. The number of nitrogens with zero attached hydrogens (tertiary/aromatic N) is 1. The number of hydrogen-bond acceptors (Lipinski definition) is 4. The van der Waals surface area contributed by atoms with E-state index in [0.29, 0.717) is 22.3 Å². The Morgan fingerprint density at radius 2 is 1.52 bits per heavy atom. The van der Waals surface area contributed by atoms with Crippen LogP contribution in [0.15, 0.2) is 109 Å². The van der Waals surface area contributed by atoms with Gasteiger partial charge in [0.05, 0.1) is 11.1 Å². The van der Waals surface area contributed by atoms with Crippen molar-refractivity contribution in [2.45, 2.75) is 19.3 Å². The fourth-order valence-electron chi connectivity index (χ4n) is 4.58. The van der Waals surface area contributed by atoms with Crippen molar-refractivity contribution in [1.82, 2.24) is 10.3 Å². The summed E-state index contributed by atoms with van der Waals surface area (Å²) in [4.78, 5) is 29.1. The number of carboxylic acids is 1. The van der Waals surface area contributed by atoms with Crippen LogP contribution in [0.25, 0.3) is 22.3 Å². The Balaban J connectivity index is 1.57. The lowest BCUT2D eigenvalue weighted by atomic mass is 9.91. The third-order valence-electron chi connectivity index (χ3n) is 6.76. The monoisotopic (exact) mass is 600 g/mol. The number of rotatable bonds is 9. The van der Waals surface area contributed by atoms with Crippen molar-refractivity contribution in [3.05, 3.63) is 143 Å². The van der Waals surface area contributed by atoms with Gasteiger partial charge in [0.2, 0.25) is 0 Å². The predicted molar refractivity (Wildman–Crippen MR) is 155 cm³/mol. The number of hydrogen-bond donors (Lipinski definition) is 2. The summed E-state index contributed by atoms with van der Waals surface area (Å²) in [6, 6.07) is 22.6. The topological polar surface area (TPSA) is 88.5 Å². The minimum absolute atomic E-state index is 0.0451. The number of amides is 1. The van der Waals surface area contributed by atoms with E-state index in [1.54, 1.807) is 48.8 Å². The summed E-state index contributed by atoms with van der Waals surface area (Å²) in [5, 5.41) is 12.5. The average Bonchev–Trinajstić information content (AvgIpc) is 3.03. The van der Waals surface area contributed by atoms with Crippen LogP contribution in [0.3, 0.4) is 0 Å². The molecule has 222 valence electrons. The summed E-state index contributed by atoms with van der Waals surface area (Å²) >= 11 is 0. The molecular weight excluding hydrogens is 576 g/mol. The highest BCUT2D eigenvalue weighted by Crippen LogP contribution is 2.41. The highest BCUT2D eigenvalue weighted by molar-refractivity contribution is 6.00. The van der Waals surface area contributed by atoms with Gasteiger partial charge in [0, 0.05) is 30.1 Å². The van der Waals surface area contributed by atoms with E-state index in [1.165, 1.54) is 48.5 Å². The number of carboxylic acid groups (broad SMARTS) is 1. The maximum atomic E-state index is 13.8. The van der Waals surface area contributed by atoms with Crippen molar-refractivity contribution in [2.24, 2.45) is 0 Å². The smallest absolute Gasteiger partial charge is 0.416 e. The summed E-state index contributed by atoms with van der Waals surface area (Å²) in [5.41, 5.74) is 1.39. The zero-order valence-electron chi connectivity index (χ0n) is 22.9. The Morgan fingerprint density at radius 1 is 0.795 bits per heavy atom. The lowest BCUT2D eigenvalue weighted by molar-refractivity contribution is -0.137. The van der Waals surface area contributed by atoms with E-state index >= 15 is 0 Å². The number of nitrogens with one attached hydrogen (secondary N) is 1. The van der Waals surface area contributed by atoms with Gasteiger partial charge in [0.25, 0.3) is 5.91 Å². The molecule has 10 heteroatoms. The van der Waals surface area contributed by atoms with E-state index in [4.69, 9.17) is 4.74 Å². The molecule has 2 N–H and O–H groups in total. The molecule has 0 saturated heterocycles. The molecule has 0 atom stereocenters. The first-order valence-corrected chi connectivity index (χ1v) is 13.3. The van der Waals surface area contributed by atoms with Gasteiger partial charge in [-0.15, -0.1) is 0 Å². The van der Waals surface area contributed by atoms with Gasteiger partial charge in [0.1, 0.15) is 18.2 Å². The second kappa shape index (κ2) is 12.8. The van der Waals surface area contributed by atoms with Crippen LogP contribution in [-0.2, 0) is 19.3 Å². The van der Waals surface area contributed by atoms with Gasteiger partial charge in [0.15, 0.2) is 0 Å². The third-order valence-corrected chi connectivity index (χ3v) is 6.76. The number of carbonyl (C=O) groups is 2. The van der Waals surface area contributed by atoms with E-state index in [0.717, 1.165) is 17.7 Å². The molecule has 5 aromatic rings. The van der Waals surface area contributed by atoms with Crippen LogP contribution in [0.2, 0.25) is 0 Å². The van der Waals surface area contributed by atoms with Crippen LogP contribution in [0.1, 0.15) is 37.4 Å². The second-order valence-electron chi connectivity index (χ2n) is 9.82. The summed E-state index contributed by atoms with van der Waals surface area (Å²) in [6.45, 7) is 0.103. The number of alkyl halides is 3. The highest BCUT2D eigenvalue weighted by atomic mass is 19.4. The molecule has 4 aromatic carbocycles. The normalized spacial score (nSPS) is 11.2. The van der Waals surface area contributed by atoms with Crippen molar-refractivity contribution in [2.75, 3.05) is 0 Å². The molecule has 1 aromatic heterocycles. The number of carbonyl (C=O) groups excluding carboxylic acids is 1. The number of halogens is 4. The zero-order valence-corrected chi connectivity index (χ0v) is 22.9. The van der Waals surface area contributed by atoms with Crippen LogP contribution >= 0.6 is 0 Å². The largest absolute Gasteiger partial charge is 0.488 e. The van der Waals surface area contributed by atoms with Gasteiger partial charge in [-0.25, -0.2) is 9.18 Å². The van der Waals surface area contributed by atoms with Gasteiger partial charge in [-0.05, 0) is 82.4 Å². The minimum Gasteiger partial charge on any atom is -0.488 e. The summed E-state index contributed by atoms with van der Waals surface area (Å²) in [6.07, 6.45) is -1.47. The standard InChI is InChI=1S/C34H24F4N2O4/c35-27-10-7-21(8-11-27)20-44-31-12-9-26(34(36,37)38)17-30(31)29-6-2-1-5-28(29)23-14-24(16-25(15-23)33(42)43)32(41)40-19-22-4-3-13-39-18-22/h1-18H,19-20H2,(H,40,41)(H,42,43). The maximum absolute atomic E-state index is 13.8. The molecule has 0 aliphatic heterocycles. The Labute approximate surface area is 249 Å². The third kappa shape index (κ3) is 7.09. The molecule has 44 heavy (non-hydrogen) atoms. The van der Waals surface area contributed by atoms with Gasteiger partial charge in [-0.2, -0.15) is 13.2 Å². The number of pyridine rings is 1. The van der Waals surface area contributed by atoms with Gasteiger partial charge < -0.3 is 15.2 Å². The zero-order chi connectivity index (χ0) is 31.3. The van der Waals surface area contributed by atoms with Crippen molar-refractivity contribution in [3.63, 3.8) is 0 Å². The number of aromatic carboxylic acids is 1. The molecule has 0 aliphatic rings. The van der Waals surface area contributed by atoms with Gasteiger partial charge >= 0.3 is 12.1 Å². The van der Waals surface area contributed by atoms with Crippen LogP contribution < -0.4 is 10.1 Å². The Hall–Kier alpha value is -5.51. The van der Waals surface area contributed by atoms with Crippen LogP contribution in [0.5, 0.6) is 5.75 Å². The summed E-state index contributed by atoms with van der Waals surface area (Å²) in [5.74, 6) is -2.14. The SMILES string of the molecule is O=C(O)c1cc(C(=O)NCc2cccnc2)cc(-c2ccccc2-c2cc(C(F)(F)F)ccc2OCc2ccc(F)cc2)c1. The second-order valence-corrected chi connectivity index (χ2v) is 9.82. The van der Waals surface area contributed by atoms with Crippen molar-refractivity contribution in [1.29, 1.82) is 0 Å². The highest BCUT2D eigenvalue weighted by Gasteiger charge is 2.31. The lowest BCUT2D eigenvalue weighted by Gasteiger charge is -2.18. The lowest BCUT2D eigenvalue weighted by Crippen LogP contribution is -2.23. The molecule has 0 aliphatic carbocycles. The molecular formula is C34H24F4N2O4. The minimum atomic E-state index is -4.65. The molecule has 5 rings (SSSR count). The molecule has 0 radical (unpaired) electrons.